The molecule has 5 nitrogen and oxygen atoms in total. The van der Waals surface area contributed by atoms with Crippen LogP contribution in [0.5, 0.6) is 0 Å². The van der Waals surface area contributed by atoms with Gasteiger partial charge in [-0.1, -0.05) is 0 Å². The number of pyridine rings is 1. The fraction of sp³-hybridized carbons (Fsp3) is 0.111. The van der Waals surface area contributed by atoms with Gasteiger partial charge in [-0.3, -0.25) is 9.59 Å². The number of rotatable bonds is 1. The van der Waals surface area contributed by atoms with Crippen molar-refractivity contribution in [3.05, 3.63) is 23.9 Å². The number of carbonyl (C=O) groups excluding carboxylic acids is 1. The molecule has 76 valence electrons. The van der Waals surface area contributed by atoms with E-state index in [0.29, 0.717) is 0 Å². The van der Waals surface area contributed by atoms with Crippen molar-refractivity contribution in [1.29, 1.82) is 0 Å². The third kappa shape index (κ3) is 1.39. The van der Waals surface area contributed by atoms with Gasteiger partial charge in [0.1, 0.15) is 0 Å². The van der Waals surface area contributed by atoms with Crippen LogP contribution < -0.4 is 0 Å². The van der Waals surface area contributed by atoms with Crippen LogP contribution in [0, 0.1) is 5.92 Å². The first-order chi connectivity index (χ1) is 7.11. The molecule has 1 N–H and O–H groups in total. The second-order valence-electron chi connectivity index (χ2n) is 2.94. The van der Waals surface area contributed by atoms with Crippen molar-refractivity contribution in [2.24, 2.45) is 10.9 Å². The summed E-state index contributed by atoms with van der Waals surface area (Å²) in [5.74, 6) is -5.49. The molecule has 0 spiro atoms. The molecule has 0 aliphatic carbocycles. The molecule has 1 aliphatic heterocycles. The molecule has 0 bridgehead atoms. The van der Waals surface area contributed by atoms with E-state index in [1.807, 2.05) is 0 Å². The van der Waals surface area contributed by atoms with Gasteiger partial charge in [-0.05, 0) is 12.1 Å². The molecule has 0 fully saturated rings. The number of hydrogen-bond acceptors (Lipinski definition) is 4. The van der Waals surface area contributed by atoms with E-state index in [1.165, 1.54) is 18.3 Å². The molecule has 0 saturated carbocycles. The van der Waals surface area contributed by atoms with Gasteiger partial charge < -0.3 is 5.11 Å². The van der Waals surface area contributed by atoms with Crippen LogP contribution in [-0.4, -0.2) is 27.8 Å². The maximum absolute atomic E-state index is 13.1. The SMILES string of the molecule is O=C(O)C1C(=O)c2cccnc2N=C1F. The van der Waals surface area contributed by atoms with Crippen molar-refractivity contribution in [1.82, 2.24) is 4.98 Å². The molecule has 1 aliphatic rings. The van der Waals surface area contributed by atoms with Crippen LogP contribution in [0.2, 0.25) is 0 Å². The van der Waals surface area contributed by atoms with E-state index in [0.717, 1.165) is 0 Å². The minimum absolute atomic E-state index is 0.0336. The number of halogens is 1. The van der Waals surface area contributed by atoms with Crippen LogP contribution in [0.3, 0.4) is 0 Å². The van der Waals surface area contributed by atoms with E-state index in [9.17, 15) is 14.0 Å². The molecule has 6 heteroatoms. The number of ketones is 1. The van der Waals surface area contributed by atoms with Crippen LogP contribution >= 0.6 is 0 Å². The molecule has 0 amide bonds. The molecular weight excluding hydrogens is 203 g/mol. The predicted octanol–water partition coefficient (Wildman–Crippen LogP) is 0.978. The number of aromatic nitrogens is 1. The lowest BCUT2D eigenvalue weighted by Crippen LogP contribution is -2.32. The third-order valence-electron chi connectivity index (χ3n) is 2.01. The Labute approximate surface area is 83.3 Å². The minimum atomic E-state index is -1.83. The molecule has 1 unspecified atom stereocenters. The summed E-state index contributed by atoms with van der Waals surface area (Å²) in [6.45, 7) is 0. The van der Waals surface area contributed by atoms with Gasteiger partial charge in [0.2, 0.25) is 5.97 Å². The monoisotopic (exact) mass is 208 g/mol. The van der Waals surface area contributed by atoms with Gasteiger partial charge in [-0.15, -0.1) is 0 Å². The smallest absolute Gasteiger partial charge is 0.323 e. The second-order valence-corrected chi connectivity index (χ2v) is 2.94. The van der Waals surface area contributed by atoms with E-state index < -0.39 is 23.6 Å². The van der Waals surface area contributed by atoms with Crippen molar-refractivity contribution in [3.63, 3.8) is 0 Å². The fourth-order valence-electron chi connectivity index (χ4n) is 1.32. The summed E-state index contributed by atoms with van der Waals surface area (Å²) in [6.07, 6.45) is 1.35. The average molecular weight is 208 g/mol. The van der Waals surface area contributed by atoms with Crippen molar-refractivity contribution in [2.75, 3.05) is 0 Å². The van der Waals surface area contributed by atoms with Crippen molar-refractivity contribution < 1.29 is 19.1 Å². The summed E-state index contributed by atoms with van der Waals surface area (Å²) in [5, 5.41) is 8.64. The Balaban J connectivity index is 2.59. The van der Waals surface area contributed by atoms with Crippen molar-refractivity contribution >= 4 is 23.5 Å². The molecule has 1 aromatic heterocycles. The van der Waals surface area contributed by atoms with Gasteiger partial charge in [0.25, 0.3) is 0 Å². The Morgan fingerprint density at radius 1 is 1.53 bits per heavy atom. The first-order valence-electron chi connectivity index (χ1n) is 4.07. The number of nitrogens with zero attached hydrogens (tertiary/aromatic N) is 2. The maximum atomic E-state index is 13.1. The van der Waals surface area contributed by atoms with Crippen molar-refractivity contribution in [3.8, 4) is 0 Å². The Morgan fingerprint density at radius 3 is 2.93 bits per heavy atom. The normalized spacial score (nSPS) is 19.4. The van der Waals surface area contributed by atoms with Gasteiger partial charge in [-0.2, -0.15) is 4.39 Å². The van der Waals surface area contributed by atoms with Crippen LogP contribution in [0.4, 0.5) is 10.2 Å². The molecule has 2 rings (SSSR count). The highest BCUT2D eigenvalue weighted by Gasteiger charge is 2.38. The van der Waals surface area contributed by atoms with E-state index in [-0.39, 0.29) is 11.4 Å². The number of Topliss-reactive ketones (excluding diaryl/α,β-unsaturated/α-hetero) is 1. The third-order valence-corrected chi connectivity index (χ3v) is 2.01. The zero-order valence-corrected chi connectivity index (χ0v) is 7.35. The average Bonchev–Trinajstić information content (AvgIpc) is 2.17. The van der Waals surface area contributed by atoms with Gasteiger partial charge in [0.05, 0.1) is 5.56 Å². The summed E-state index contributed by atoms with van der Waals surface area (Å²) in [5.41, 5.74) is 0.0336. The molecule has 1 atom stereocenters. The quantitative estimate of drug-likeness (QED) is 0.697. The Morgan fingerprint density at radius 2 is 2.27 bits per heavy atom. The predicted molar refractivity (Wildman–Crippen MR) is 47.9 cm³/mol. The summed E-state index contributed by atoms with van der Waals surface area (Å²) in [6, 6.07) is 2.84. The number of aliphatic carboxylic acids is 1. The molecule has 2 heterocycles. The number of hydrogen-bond donors (Lipinski definition) is 1. The van der Waals surface area contributed by atoms with Gasteiger partial charge >= 0.3 is 5.97 Å². The number of carboxylic acid groups (broad SMARTS) is 1. The van der Waals surface area contributed by atoms with Crippen LogP contribution in [0.1, 0.15) is 10.4 Å². The van der Waals surface area contributed by atoms with Crippen LogP contribution in [-0.2, 0) is 4.79 Å². The highest BCUT2D eigenvalue weighted by Crippen LogP contribution is 2.26. The zero-order chi connectivity index (χ0) is 11.0. The topological polar surface area (TPSA) is 79.6 Å². The zero-order valence-electron chi connectivity index (χ0n) is 7.35. The van der Waals surface area contributed by atoms with Crippen LogP contribution in [0.15, 0.2) is 23.3 Å². The molecule has 15 heavy (non-hydrogen) atoms. The maximum Gasteiger partial charge on any atom is 0.323 e. The number of carboxylic acids is 1. The number of fused-ring (bicyclic) bond motifs is 1. The molecule has 0 radical (unpaired) electrons. The highest BCUT2D eigenvalue weighted by atomic mass is 19.1. The number of carbonyl (C=O) groups is 2. The van der Waals surface area contributed by atoms with E-state index >= 15 is 0 Å². The first-order valence-corrected chi connectivity index (χ1v) is 4.07. The van der Waals surface area contributed by atoms with Crippen LogP contribution in [0.25, 0.3) is 0 Å². The lowest BCUT2D eigenvalue weighted by molar-refractivity contribution is -0.138. The minimum Gasteiger partial charge on any atom is -0.480 e. The van der Waals surface area contributed by atoms with E-state index in [4.69, 9.17) is 5.11 Å². The standard InChI is InChI=1S/C9H5FN2O3/c10-7-5(9(14)15)6(13)4-2-1-3-11-8(4)12-7/h1-3,5H,(H,14,15). The summed E-state index contributed by atoms with van der Waals surface area (Å²) < 4.78 is 13.1. The fourth-order valence-corrected chi connectivity index (χ4v) is 1.32. The lowest BCUT2D eigenvalue weighted by Gasteiger charge is -2.14. The van der Waals surface area contributed by atoms with Gasteiger partial charge in [0.15, 0.2) is 17.5 Å². The lowest BCUT2D eigenvalue weighted by atomic mass is 9.96. The largest absolute Gasteiger partial charge is 0.480 e. The first kappa shape index (κ1) is 9.45. The summed E-state index contributed by atoms with van der Waals surface area (Å²) in [4.78, 5) is 29.2. The second kappa shape index (κ2) is 3.23. The van der Waals surface area contributed by atoms with E-state index in [1.54, 1.807) is 0 Å². The Hall–Kier alpha value is -2.11. The Bertz CT molecular complexity index is 484. The molecule has 0 aromatic carbocycles. The van der Waals surface area contributed by atoms with E-state index in [2.05, 4.69) is 9.98 Å². The number of aliphatic imine (C=N–C) groups is 1. The molecular formula is C9H5FN2O3. The highest BCUT2D eigenvalue weighted by molar-refractivity contribution is 6.24. The van der Waals surface area contributed by atoms with Gasteiger partial charge in [-0.25, -0.2) is 9.98 Å². The summed E-state index contributed by atoms with van der Waals surface area (Å²) >= 11 is 0. The van der Waals surface area contributed by atoms with Crippen molar-refractivity contribution in [2.45, 2.75) is 0 Å². The summed E-state index contributed by atoms with van der Waals surface area (Å²) in [7, 11) is 0. The Kier molecular flexibility index (Phi) is 2.03. The van der Waals surface area contributed by atoms with Gasteiger partial charge in [0, 0.05) is 6.20 Å². The molecule has 1 aromatic rings. The molecule has 0 saturated heterocycles.